The van der Waals surface area contributed by atoms with Crippen molar-refractivity contribution >= 4 is 9.84 Å². The van der Waals surface area contributed by atoms with Gasteiger partial charge in [0.25, 0.3) is 0 Å². The second-order valence-corrected chi connectivity index (χ2v) is 7.13. The summed E-state index contributed by atoms with van der Waals surface area (Å²) in [6.07, 6.45) is 3.18. The Hall–Kier alpha value is -2.40. The molecule has 0 spiro atoms. The first kappa shape index (κ1) is 14.5. The molecule has 22 heavy (non-hydrogen) atoms. The molecule has 112 valence electrons. The molecule has 0 aliphatic heterocycles. The van der Waals surface area contributed by atoms with Gasteiger partial charge in [0.1, 0.15) is 0 Å². The van der Waals surface area contributed by atoms with Gasteiger partial charge in [-0.1, -0.05) is 42.5 Å². The molecule has 1 heterocycles. The average molecular weight is 312 g/mol. The summed E-state index contributed by atoms with van der Waals surface area (Å²) in [5.41, 5.74) is 2.74. The van der Waals surface area contributed by atoms with Crippen molar-refractivity contribution in [1.29, 1.82) is 0 Å². The van der Waals surface area contributed by atoms with Gasteiger partial charge in [-0.3, -0.25) is 0 Å². The lowest BCUT2D eigenvalue weighted by Gasteiger charge is -2.07. The van der Waals surface area contributed by atoms with E-state index < -0.39 is 9.84 Å². The number of aromatic nitrogens is 2. The molecule has 0 aliphatic rings. The van der Waals surface area contributed by atoms with Crippen molar-refractivity contribution in [1.82, 2.24) is 9.55 Å². The van der Waals surface area contributed by atoms with Crippen molar-refractivity contribution in [3.8, 4) is 11.1 Å². The molecule has 0 amide bonds. The molecule has 3 rings (SSSR count). The Morgan fingerprint density at radius 2 is 1.59 bits per heavy atom. The molecular weight excluding hydrogens is 296 g/mol. The van der Waals surface area contributed by atoms with E-state index in [2.05, 4.69) is 4.98 Å². The van der Waals surface area contributed by atoms with Crippen LogP contribution in [0.25, 0.3) is 11.1 Å². The number of hydrogen-bond donors (Lipinski definition) is 0. The first-order valence-electron chi connectivity index (χ1n) is 6.90. The first-order chi connectivity index (χ1) is 10.6. The van der Waals surface area contributed by atoms with Gasteiger partial charge in [-0.05, 0) is 23.3 Å². The van der Waals surface area contributed by atoms with Crippen molar-refractivity contribution in [2.75, 3.05) is 0 Å². The fourth-order valence-corrected chi connectivity index (χ4v) is 3.67. The van der Waals surface area contributed by atoms with E-state index in [0.29, 0.717) is 10.6 Å². The average Bonchev–Trinajstić information content (AvgIpc) is 2.93. The number of benzene rings is 2. The third kappa shape index (κ3) is 2.94. The summed E-state index contributed by atoms with van der Waals surface area (Å²) in [4.78, 5) is 4.28. The Balaban J connectivity index is 1.88. The third-order valence-electron chi connectivity index (χ3n) is 3.57. The monoisotopic (exact) mass is 312 g/mol. The zero-order valence-corrected chi connectivity index (χ0v) is 13.0. The van der Waals surface area contributed by atoms with E-state index in [1.54, 1.807) is 36.3 Å². The topological polar surface area (TPSA) is 52.0 Å². The second-order valence-electron chi connectivity index (χ2n) is 5.15. The van der Waals surface area contributed by atoms with Gasteiger partial charge in [0.2, 0.25) is 0 Å². The van der Waals surface area contributed by atoms with E-state index >= 15 is 0 Å². The zero-order chi connectivity index (χ0) is 15.6. The quantitative estimate of drug-likeness (QED) is 0.744. The maximum atomic E-state index is 12.5. The van der Waals surface area contributed by atoms with Crippen molar-refractivity contribution in [3.05, 3.63) is 72.8 Å². The molecular formula is C17H16N2O2S. The molecule has 4 nitrogen and oxygen atoms in total. The molecule has 3 aromatic rings. The standard InChI is InChI=1S/C17H16N2O2S/c1-19-13-18-11-16(19)12-22(20,21)17-9-7-15(8-10-17)14-5-3-2-4-6-14/h2-11,13H,12H2,1H3. The van der Waals surface area contributed by atoms with Crippen LogP contribution >= 0.6 is 0 Å². The highest BCUT2D eigenvalue weighted by Crippen LogP contribution is 2.22. The van der Waals surface area contributed by atoms with Gasteiger partial charge in [-0.25, -0.2) is 13.4 Å². The van der Waals surface area contributed by atoms with Crippen LogP contribution in [0.3, 0.4) is 0 Å². The minimum Gasteiger partial charge on any atom is -0.337 e. The van der Waals surface area contributed by atoms with E-state index in [9.17, 15) is 8.42 Å². The normalized spacial score (nSPS) is 11.5. The highest BCUT2D eigenvalue weighted by Gasteiger charge is 2.17. The van der Waals surface area contributed by atoms with Crippen molar-refractivity contribution in [3.63, 3.8) is 0 Å². The Kier molecular flexibility index (Phi) is 3.81. The Bertz CT molecular complexity index is 867. The van der Waals surface area contributed by atoms with Gasteiger partial charge in [-0.2, -0.15) is 0 Å². The summed E-state index contributed by atoms with van der Waals surface area (Å²) in [5.74, 6) is -0.0474. The predicted molar refractivity (Wildman–Crippen MR) is 86.0 cm³/mol. The van der Waals surface area contributed by atoms with Crippen molar-refractivity contribution in [2.24, 2.45) is 7.05 Å². The van der Waals surface area contributed by atoms with Gasteiger partial charge in [0.05, 0.1) is 22.7 Å². The summed E-state index contributed by atoms with van der Waals surface area (Å²) < 4.78 is 26.6. The lowest BCUT2D eigenvalue weighted by molar-refractivity contribution is 0.593. The van der Waals surface area contributed by atoms with Crippen LogP contribution in [0.15, 0.2) is 72.0 Å². The molecule has 0 aliphatic carbocycles. The van der Waals surface area contributed by atoms with E-state index in [4.69, 9.17) is 0 Å². The predicted octanol–water partition coefficient (Wildman–Crippen LogP) is 3.06. The summed E-state index contributed by atoms with van der Waals surface area (Å²) in [5, 5.41) is 0. The summed E-state index contributed by atoms with van der Waals surface area (Å²) in [7, 11) is -1.58. The number of imidazole rings is 1. The molecule has 0 bridgehead atoms. The molecule has 1 aromatic heterocycles. The molecule has 0 saturated carbocycles. The van der Waals surface area contributed by atoms with Crippen molar-refractivity contribution in [2.45, 2.75) is 10.6 Å². The number of sulfone groups is 1. The number of aryl methyl sites for hydroxylation is 1. The lowest BCUT2D eigenvalue weighted by atomic mass is 10.1. The van der Waals surface area contributed by atoms with Gasteiger partial charge < -0.3 is 4.57 Å². The van der Waals surface area contributed by atoms with Crippen LogP contribution < -0.4 is 0 Å². The van der Waals surface area contributed by atoms with Gasteiger partial charge in [-0.15, -0.1) is 0 Å². The highest BCUT2D eigenvalue weighted by molar-refractivity contribution is 7.90. The SMILES string of the molecule is Cn1cncc1CS(=O)(=O)c1ccc(-c2ccccc2)cc1. The largest absolute Gasteiger partial charge is 0.337 e. The maximum absolute atomic E-state index is 12.5. The van der Waals surface area contributed by atoms with Crippen LogP contribution in [0.2, 0.25) is 0 Å². The summed E-state index contributed by atoms with van der Waals surface area (Å²) in [6.45, 7) is 0. The van der Waals surface area contributed by atoms with E-state index in [-0.39, 0.29) is 5.75 Å². The molecule has 0 atom stereocenters. The molecule has 0 fully saturated rings. The molecule has 0 radical (unpaired) electrons. The lowest BCUT2D eigenvalue weighted by Crippen LogP contribution is -2.07. The van der Waals surface area contributed by atoms with Gasteiger partial charge in [0, 0.05) is 13.2 Å². The molecule has 0 N–H and O–H groups in total. The Morgan fingerprint density at radius 3 is 2.18 bits per heavy atom. The Labute approximate surface area is 130 Å². The second kappa shape index (κ2) is 5.77. The van der Waals surface area contributed by atoms with Crippen LogP contribution in [-0.4, -0.2) is 18.0 Å². The molecule has 2 aromatic carbocycles. The molecule has 0 unspecified atom stereocenters. The number of hydrogen-bond acceptors (Lipinski definition) is 3. The Morgan fingerprint density at radius 1 is 0.955 bits per heavy atom. The van der Waals surface area contributed by atoms with E-state index in [1.807, 2.05) is 42.5 Å². The molecule has 0 saturated heterocycles. The van der Waals surface area contributed by atoms with Crippen molar-refractivity contribution < 1.29 is 8.42 Å². The van der Waals surface area contributed by atoms with Gasteiger partial charge >= 0.3 is 0 Å². The zero-order valence-electron chi connectivity index (χ0n) is 12.2. The van der Waals surface area contributed by atoms with Crippen LogP contribution in [0, 0.1) is 0 Å². The fourth-order valence-electron chi connectivity index (χ4n) is 2.29. The van der Waals surface area contributed by atoms with E-state index in [0.717, 1.165) is 11.1 Å². The molecule has 5 heteroatoms. The maximum Gasteiger partial charge on any atom is 0.184 e. The van der Waals surface area contributed by atoms with Crippen LogP contribution in [0.5, 0.6) is 0 Å². The number of rotatable bonds is 4. The highest BCUT2D eigenvalue weighted by atomic mass is 32.2. The smallest absolute Gasteiger partial charge is 0.184 e. The fraction of sp³-hybridized carbons (Fsp3) is 0.118. The van der Waals surface area contributed by atoms with Crippen LogP contribution in [0.4, 0.5) is 0 Å². The van der Waals surface area contributed by atoms with Crippen LogP contribution in [0.1, 0.15) is 5.69 Å². The minimum atomic E-state index is -3.37. The third-order valence-corrected chi connectivity index (χ3v) is 5.24. The summed E-state index contributed by atoms with van der Waals surface area (Å²) in [6, 6.07) is 16.9. The number of nitrogens with zero attached hydrogens (tertiary/aromatic N) is 2. The van der Waals surface area contributed by atoms with Gasteiger partial charge in [0.15, 0.2) is 9.84 Å². The van der Waals surface area contributed by atoms with E-state index in [1.165, 1.54) is 0 Å². The summed E-state index contributed by atoms with van der Waals surface area (Å²) >= 11 is 0. The minimum absolute atomic E-state index is 0.0474. The first-order valence-corrected chi connectivity index (χ1v) is 8.55. The van der Waals surface area contributed by atoms with Crippen LogP contribution in [-0.2, 0) is 22.6 Å².